The van der Waals surface area contributed by atoms with Crippen LogP contribution in [0.25, 0.3) is 0 Å². The van der Waals surface area contributed by atoms with Gasteiger partial charge in [-0.15, -0.1) is 0 Å². The first-order valence-electron chi connectivity index (χ1n) is 7.87. The molecule has 0 unspecified atom stereocenters. The SMILES string of the molecule is Cc1cc(Cl)ccc1C(=O)N[C@H]1CCOC2(CCOCC2)C1. The van der Waals surface area contributed by atoms with Gasteiger partial charge in [0.1, 0.15) is 0 Å². The molecule has 1 spiro atoms. The van der Waals surface area contributed by atoms with Gasteiger partial charge in [0.2, 0.25) is 0 Å². The summed E-state index contributed by atoms with van der Waals surface area (Å²) in [5.41, 5.74) is 1.48. The van der Waals surface area contributed by atoms with Crippen molar-refractivity contribution in [3.63, 3.8) is 0 Å². The number of halogens is 1. The van der Waals surface area contributed by atoms with E-state index in [1.54, 1.807) is 12.1 Å². The second-order valence-electron chi connectivity index (χ2n) is 6.27. The molecule has 0 aliphatic carbocycles. The van der Waals surface area contributed by atoms with Crippen LogP contribution in [0.5, 0.6) is 0 Å². The van der Waals surface area contributed by atoms with E-state index in [9.17, 15) is 4.79 Å². The lowest BCUT2D eigenvalue weighted by atomic mass is 9.84. The van der Waals surface area contributed by atoms with Crippen molar-refractivity contribution in [1.29, 1.82) is 0 Å². The molecule has 2 heterocycles. The third kappa shape index (κ3) is 3.45. The fourth-order valence-electron chi connectivity index (χ4n) is 3.39. The van der Waals surface area contributed by atoms with Crippen molar-refractivity contribution in [3.8, 4) is 0 Å². The maximum absolute atomic E-state index is 12.5. The zero-order valence-electron chi connectivity index (χ0n) is 12.9. The number of hydrogen-bond donors (Lipinski definition) is 1. The minimum Gasteiger partial charge on any atom is -0.381 e. The smallest absolute Gasteiger partial charge is 0.251 e. The van der Waals surface area contributed by atoms with Crippen molar-refractivity contribution in [2.45, 2.75) is 44.2 Å². The van der Waals surface area contributed by atoms with Gasteiger partial charge in [0, 0.05) is 36.4 Å². The molecule has 1 atom stereocenters. The van der Waals surface area contributed by atoms with E-state index in [0.717, 1.165) is 44.5 Å². The molecule has 0 aromatic heterocycles. The summed E-state index contributed by atoms with van der Waals surface area (Å²) in [6.07, 6.45) is 3.56. The van der Waals surface area contributed by atoms with E-state index in [1.165, 1.54) is 0 Å². The van der Waals surface area contributed by atoms with Crippen LogP contribution in [0.15, 0.2) is 18.2 Å². The van der Waals surface area contributed by atoms with Crippen LogP contribution in [0, 0.1) is 6.92 Å². The molecule has 120 valence electrons. The number of ether oxygens (including phenoxy) is 2. The highest BCUT2D eigenvalue weighted by Gasteiger charge is 2.39. The molecule has 0 radical (unpaired) electrons. The molecule has 4 nitrogen and oxygen atoms in total. The summed E-state index contributed by atoms with van der Waals surface area (Å²) in [4.78, 5) is 12.5. The van der Waals surface area contributed by atoms with Crippen LogP contribution in [0.2, 0.25) is 5.02 Å². The summed E-state index contributed by atoms with van der Waals surface area (Å²) in [5, 5.41) is 3.82. The van der Waals surface area contributed by atoms with Crippen LogP contribution < -0.4 is 5.32 Å². The summed E-state index contributed by atoms with van der Waals surface area (Å²) in [5.74, 6) is -0.0247. The number of rotatable bonds is 2. The van der Waals surface area contributed by atoms with Gasteiger partial charge in [-0.2, -0.15) is 0 Å². The van der Waals surface area contributed by atoms with Crippen LogP contribution in [0.4, 0.5) is 0 Å². The third-order valence-electron chi connectivity index (χ3n) is 4.67. The highest BCUT2D eigenvalue weighted by atomic mass is 35.5. The number of hydrogen-bond acceptors (Lipinski definition) is 3. The fourth-order valence-corrected chi connectivity index (χ4v) is 3.61. The Hall–Kier alpha value is -1.10. The first kappa shape index (κ1) is 15.8. The van der Waals surface area contributed by atoms with Gasteiger partial charge in [0.25, 0.3) is 5.91 Å². The lowest BCUT2D eigenvalue weighted by molar-refractivity contribution is -0.139. The van der Waals surface area contributed by atoms with E-state index in [1.807, 2.05) is 13.0 Å². The zero-order valence-corrected chi connectivity index (χ0v) is 13.6. The Kier molecular flexibility index (Phi) is 4.71. The van der Waals surface area contributed by atoms with E-state index < -0.39 is 0 Å². The molecule has 1 aromatic rings. The van der Waals surface area contributed by atoms with Gasteiger partial charge in [-0.1, -0.05) is 11.6 Å². The molecule has 2 saturated heterocycles. The van der Waals surface area contributed by atoms with E-state index in [0.29, 0.717) is 17.2 Å². The molecular weight excluding hydrogens is 302 g/mol. The van der Waals surface area contributed by atoms with Crippen molar-refractivity contribution < 1.29 is 14.3 Å². The maximum Gasteiger partial charge on any atom is 0.251 e. The number of carbonyl (C=O) groups excluding carboxylic acids is 1. The molecular formula is C17H22ClNO3. The largest absolute Gasteiger partial charge is 0.381 e. The monoisotopic (exact) mass is 323 g/mol. The molecule has 22 heavy (non-hydrogen) atoms. The molecule has 2 fully saturated rings. The Bertz CT molecular complexity index is 549. The normalized spacial score (nSPS) is 24.2. The zero-order chi connectivity index (χ0) is 15.6. The van der Waals surface area contributed by atoms with E-state index >= 15 is 0 Å². The number of amides is 1. The second-order valence-corrected chi connectivity index (χ2v) is 6.70. The highest BCUT2D eigenvalue weighted by Crippen LogP contribution is 2.34. The molecule has 1 amide bonds. The summed E-state index contributed by atoms with van der Waals surface area (Å²) < 4.78 is 11.4. The van der Waals surface area contributed by atoms with Crippen molar-refractivity contribution >= 4 is 17.5 Å². The van der Waals surface area contributed by atoms with Crippen LogP contribution in [0.3, 0.4) is 0 Å². The van der Waals surface area contributed by atoms with Crippen molar-refractivity contribution in [2.75, 3.05) is 19.8 Å². The minimum absolute atomic E-state index is 0.0247. The minimum atomic E-state index is -0.108. The predicted octanol–water partition coefficient (Wildman–Crippen LogP) is 3.11. The number of benzene rings is 1. The number of carbonyl (C=O) groups is 1. The fraction of sp³-hybridized carbons (Fsp3) is 0.588. The average molecular weight is 324 g/mol. The van der Waals surface area contributed by atoms with Crippen LogP contribution in [-0.4, -0.2) is 37.4 Å². The van der Waals surface area contributed by atoms with Gasteiger partial charge in [0.05, 0.1) is 5.60 Å². The Balaban J connectivity index is 1.66. The quantitative estimate of drug-likeness (QED) is 0.909. The molecule has 3 rings (SSSR count). The predicted molar refractivity (Wildman–Crippen MR) is 85.4 cm³/mol. The van der Waals surface area contributed by atoms with Gasteiger partial charge in [-0.25, -0.2) is 0 Å². The lowest BCUT2D eigenvalue weighted by Gasteiger charge is -2.43. The van der Waals surface area contributed by atoms with Gasteiger partial charge >= 0.3 is 0 Å². The Morgan fingerprint density at radius 1 is 1.32 bits per heavy atom. The van der Waals surface area contributed by atoms with Gasteiger partial charge in [-0.3, -0.25) is 4.79 Å². The second kappa shape index (κ2) is 6.57. The van der Waals surface area contributed by atoms with Crippen LogP contribution in [-0.2, 0) is 9.47 Å². The topological polar surface area (TPSA) is 47.6 Å². The highest BCUT2D eigenvalue weighted by molar-refractivity contribution is 6.30. The maximum atomic E-state index is 12.5. The Morgan fingerprint density at radius 2 is 2.09 bits per heavy atom. The molecule has 2 aliphatic heterocycles. The summed E-state index contributed by atoms with van der Waals surface area (Å²) >= 11 is 5.95. The van der Waals surface area contributed by atoms with E-state index in [-0.39, 0.29) is 17.6 Å². The van der Waals surface area contributed by atoms with Crippen molar-refractivity contribution in [3.05, 3.63) is 34.3 Å². The molecule has 1 N–H and O–H groups in total. The van der Waals surface area contributed by atoms with E-state index in [4.69, 9.17) is 21.1 Å². The van der Waals surface area contributed by atoms with Crippen LogP contribution >= 0.6 is 11.6 Å². The van der Waals surface area contributed by atoms with Gasteiger partial charge < -0.3 is 14.8 Å². The van der Waals surface area contributed by atoms with Crippen molar-refractivity contribution in [1.82, 2.24) is 5.32 Å². The Labute approximate surface area is 136 Å². The molecule has 2 aliphatic rings. The molecule has 0 bridgehead atoms. The first-order valence-corrected chi connectivity index (χ1v) is 8.25. The Morgan fingerprint density at radius 3 is 2.82 bits per heavy atom. The molecule has 5 heteroatoms. The van der Waals surface area contributed by atoms with E-state index in [2.05, 4.69) is 5.32 Å². The molecule has 1 aromatic carbocycles. The average Bonchev–Trinajstić information content (AvgIpc) is 2.48. The molecule has 0 saturated carbocycles. The van der Waals surface area contributed by atoms with Gasteiger partial charge in [0.15, 0.2) is 0 Å². The van der Waals surface area contributed by atoms with Crippen LogP contribution in [0.1, 0.15) is 41.6 Å². The number of aryl methyl sites for hydroxylation is 1. The first-order chi connectivity index (χ1) is 10.6. The standard InChI is InChI=1S/C17H22ClNO3/c1-12-10-13(18)2-3-15(12)16(20)19-14-4-7-22-17(11-14)5-8-21-9-6-17/h2-3,10,14H,4-9,11H2,1H3,(H,19,20)/t14-/m0/s1. The number of nitrogens with one attached hydrogen (secondary N) is 1. The summed E-state index contributed by atoms with van der Waals surface area (Å²) in [6, 6.07) is 5.53. The third-order valence-corrected chi connectivity index (χ3v) is 4.90. The van der Waals surface area contributed by atoms with Crippen molar-refractivity contribution in [2.24, 2.45) is 0 Å². The summed E-state index contributed by atoms with van der Waals surface area (Å²) in [6.45, 7) is 4.10. The summed E-state index contributed by atoms with van der Waals surface area (Å²) in [7, 11) is 0. The lowest BCUT2D eigenvalue weighted by Crippen LogP contribution is -2.51. The van der Waals surface area contributed by atoms with Gasteiger partial charge in [-0.05, 0) is 56.4 Å².